The first kappa shape index (κ1) is 15.7. The summed E-state index contributed by atoms with van der Waals surface area (Å²) < 4.78 is 4.89. The van der Waals surface area contributed by atoms with Gasteiger partial charge >= 0.3 is 12.0 Å². The van der Waals surface area contributed by atoms with Crippen LogP contribution in [-0.4, -0.2) is 66.8 Å². The van der Waals surface area contributed by atoms with Crippen molar-refractivity contribution in [2.45, 2.75) is 26.3 Å². The predicted octanol–water partition coefficient (Wildman–Crippen LogP) is 0.870. The van der Waals surface area contributed by atoms with Crippen LogP contribution >= 0.6 is 0 Å². The van der Waals surface area contributed by atoms with Crippen LogP contribution in [0.2, 0.25) is 0 Å². The van der Waals surface area contributed by atoms with Crippen LogP contribution in [0.3, 0.4) is 0 Å². The Morgan fingerprint density at radius 2 is 2.00 bits per heavy atom. The molecule has 0 aliphatic rings. The van der Waals surface area contributed by atoms with E-state index in [0.29, 0.717) is 19.7 Å². The lowest BCUT2D eigenvalue weighted by Crippen LogP contribution is -2.47. The summed E-state index contributed by atoms with van der Waals surface area (Å²) >= 11 is 0. The standard InChI is InChI=1S/C11H22N2O4/c1-5-13(9(2)8-10(14)15)11(16)12(3)6-7-17-4/h9H,5-8H2,1-4H3,(H,14,15). The average molecular weight is 246 g/mol. The van der Waals surface area contributed by atoms with Gasteiger partial charge in [-0.3, -0.25) is 4.79 Å². The van der Waals surface area contributed by atoms with Crippen molar-refractivity contribution in [3.63, 3.8) is 0 Å². The number of hydrogen-bond acceptors (Lipinski definition) is 3. The fourth-order valence-electron chi connectivity index (χ4n) is 1.54. The van der Waals surface area contributed by atoms with Gasteiger partial charge in [0.15, 0.2) is 0 Å². The zero-order valence-corrected chi connectivity index (χ0v) is 11.0. The fourth-order valence-corrected chi connectivity index (χ4v) is 1.54. The number of carboxylic acids is 1. The Kier molecular flexibility index (Phi) is 7.29. The van der Waals surface area contributed by atoms with E-state index in [9.17, 15) is 9.59 Å². The Labute approximate surface area is 102 Å². The van der Waals surface area contributed by atoms with Gasteiger partial charge in [-0.05, 0) is 13.8 Å². The number of nitrogens with zero attached hydrogens (tertiary/aromatic N) is 2. The number of amides is 2. The summed E-state index contributed by atoms with van der Waals surface area (Å²) in [5.74, 6) is -0.900. The van der Waals surface area contributed by atoms with E-state index in [4.69, 9.17) is 9.84 Å². The minimum absolute atomic E-state index is 0.0440. The number of carbonyl (C=O) groups excluding carboxylic acids is 1. The lowest BCUT2D eigenvalue weighted by Gasteiger charge is -2.31. The van der Waals surface area contributed by atoms with E-state index in [1.807, 2.05) is 6.92 Å². The Morgan fingerprint density at radius 1 is 1.41 bits per heavy atom. The molecule has 0 aromatic carbocycles. The van der Waals surface area contributed by atoms with E-state index in [-0.39, 0.29) is 18.5 Å². The molecule has 0 aromatic rings. The fraction of sp³-hybridized carbons (Fsp3) is 0.818. The molecule has 6 nitrogen and oxygen atoms in total. The summed E-state index contributed by atoms with van der Waals surface area (Å²) in [5.41, 5.74) is 0. The second-order valence-electron chi connectivity index (χ2n) is 3.93. The lowest BCUT2D eigenvalue weighted by molar-refractivity contribution is -0.138. The van der Waals surface area contributed by atoms with Gasteiger partial charge in [0.2, 0.25) is 0 Å². The smallest absolute Gasteiger partial charge is 0.320 e. The van der Waals surface area contributed by atoms with Gasteiger partial charge in [0.1, 0.15) is 0 Å². The second kappa shape index (κ2) is 7.89. The zero-order chi connectivity index (χ0) is 13.4. The van der Waals surface area contributed by atoms with Crippen LogP contribution in [0.4, 0.5) is 4.79 Å². The normalized spacial score (nSPS) is 12.0. The number of urea groups is 1. The third kappa shape index (κ3) is 5.53. The molecular weight excluding hydrogens is 224 g/mol. The van der Waals surface area contributed by atoms with Gasteiger partial charge in [-0.2, -0.15) is 0 Å². The first-order valence-electron chi connectivity index (χ1n) is 5.66. The van der Waals surface area contributed by atoms with Crippen molar-refractivity contribution >= 4 is 12.0 Å². The van der Waals surface area contributed by atoms with Crippen LogP contribution in [0.5, 0.6) is 0 Å². The van der Waals surface area contributed by atoms with Gasteiger partial charge in [0.25, 0.3) is 0 Å². The number of aliphatic carboxylic acids is 1. The van der Waals surface area contributed by atoms with Crippen LogP contribution in [0, 0.1) is 0 Å². The van der Waals surface area contributed by atoms with Crippen LogP contribution in [0.15, 0.2) is 0 Å². The molecule has 1 atom stereocenters. The van der Waals surface area contributed by atoms with Crippen LogP contribution in [0.1, 0.15) is 20.3 Å². The highest BCUT2D eigenvalue weighted by Gasteiger charge is 2.23. The molecule has 0 saturated carbocycles. The van der Waals surface area contributed by atoms with E-state index in [1.165, 1.54) is 4.90 Å². The molecule has 0 rings (SSSR count). The molecule has 0 radical (unpaired) electrons. The average Bonchev–Trinajstić information content (AvgIpc) is 2.25. The SMILES string of the molecule is CCN(C(=O)N(C)CCOC)C(C)CC(=O)O. The Bertz CT molecular complexity index is 258. The molecule has 1 unspecified atom stereocenters. The molecule has 0 aliphatic carbocycles. The summed E-state index contributed by atoms with van der Waals surface area (Å²) in [5, 5.41) is 8.72. The number of likely N-dealkylation sites (N-methyl/N-ethyl adjacent to an activating group) is 1. The van der Waals surface area contributed by atoms with E-state index in [0.717, 1.165) is 0 Å². The van der Waals surface area contributed by atoms with E-state index >= 15 is 0 Å². The Hall–Kier alpha value is -1.30. The van der Waals surface area contributed by atoms with E-state index in [1.54, 1.807) is 26.0 Å². The number of rotatable bonds is 7. The molecule has 0 fully saturated rings. The number of carboxylic acid groups (broad SMARTS) is 1. The van der Waals surface area contributed by atoms with Crippen molar-refractivity contribution in [1.29, 1.82) is 0 Å². The van der Waals surface area contributed by atoms with Gasteiger partial charge in [-0.15, -0.1) is 0 Å². The third-order valence-corrected chi connectivity index (χ3v) is 2.55. The molecule has 17 heavy (non-hydrogen) atoms. The topological polar surface area (TPSA) is 70.1 Å². The van der Waals surface area contributed by atoms with Crippen molar-refractivity contribution in [3.8, 4) is 0 Å². The lowest BCUT2D eigenvalue weighted by atomic mass is 10.2. The highest BCUT2D eigenvalue weighted by atomic mass is 16.5. The Morgan fingerprint density at radius 3 is 2.41 bits per heavy atom. The molecule has 0 saturated heterocycles. The van der Waals surface area contributed by atoms with E-state index in [2.05, 4.69) is 0 Å². The van der Waals surface area contributed by atoms with Crippen molar-refractivity contribution in [1.82, 2.24) is 9.80 Å². The highest BCUT2D eigenvalue weighted by Crippen LogP contribution is 2.07. The number of hydrogen-bond donors (Lipinski definition) is 1. The maximum absolute atomic E-state index is 12.0. The predicted molar refractivity (Wildman–Crippen MR) is 64.0 cm³/mol. The summed E-state index contributed by atoms with van der Waals surface area (Å²) in [4.78, 5) is 25.7. The van der Waals surface area contributed by atoms with E-state index < -0.39 is 5.97 Å². The third-order valence-electron chi connectivity index (χ3n) is 2.55. The van der Waals surface area contributed by atoms with Crippen LogP contribution in [-0.2, 0) is 9.53 Å². The second-order valence-corrected chi connectivity index (χ2v) is 3.93. The van der Waals surface area contributed by atoms with Crippen LogP contribution < -0.4 is 0 Å². The number of carbonyl (C=O) groups is 2. The zero-order valence-electron chi connectivity index (χ0n) is 11.0. The summed E-state index contributed by atoms with van der Waals surface area (Å²) in [7, 11) is 3.25. The van der Waals surface area contributed by atoms with Crippen molar-refractivity contribution in [2.75, 3.05) is 33.9 Å². The summed E-state index contributed by atoms with van der Waals surface area (Å²) in [6.45, 7) is 5.02. The van der Waals surface area contributed by atoms with Gasteiger partial charge in [-0.25, -0.2) is 4.79 Å². The molecule has 0 aromatic heterocycles. The quantitative estimate of drug-likeness (QED) is 0.723. The van der Waals surface area contributed by atoms with Gasteiger partial charge in [-0.1, -0.05) is 0 Å². The van der Waals surface area contributed by atoms with Gasteiger partial charge in [0.05, 0.1) is 13.0 Å². The number of ether oxygens (including phenoxy) is 1. The molecule has 0 spiro atoms. The molecule has 0 aliphatic heterocycles. The molecular formula is C11H22N2O4. The van der Waals surface area contributed by atoms with Gasteiger partial charge in [0, 0.05) is 33.3 Å². The first-order valence-corrected chi connectivity index (χ1v) is 5.66. The van der Waals surface area contributed by atoms with Gasteiger partial charge < -0.3 is 19.6 Å². The Balaban J connectivity index is 4.42. The molecule has 1 N–H and O–H groups in total. The maximum Gasteiger partial charge on any atom is 0.320 e. The van der Waals surface area contributed by atoms with Crippen molar-refractivity contribution in [2.24, 2.45) is 0 Å². The van der Waals surface area contributed by atoms with Crippen molar-refractivity contribution < 1.29 is 19.4 Å². The van der Waals surface area contributed by atoms with Crippen molar-refractivity contribution in [3.05, 3.63) is 0 Å². The first-order chi connectivity index (χ1) is 7.93. The molecule has 0 bridgehead atoms. The minimum atomic E-state index is -0.900. The summed E-state index contributed by atoms with van der Waals surface area (Å²) in [6.07, 6.45) is -0.0440. The summed E-state index contributed by atoms with van der Waals surface area (Å²) in [6, 6.07) is -0.478. The highest BCUT2D eigenvalue weighted by molar-refractivity contribution is 5.75. The largest absolute Gasteiger partial charge is 0.481 e. The molecule has 100 valence electrons. The number of methoxy groups -OCH3 is 1. The minimum Gasteiger partial charge on any atom is -0.481 e. The van der Waals surface area contributed by atoms with Crippen LogP contribution in [0.25, 0.3) is 0 Å². The monoisotopic (exact) mass is 246 g/mol. The maximum atomic E-state index is 12.0. The molecule has 2 amide bonds. The molecule has 0 heterocycles. The molecule has 6 heteroatoms.